The molecule has 1 fully saturated rings. The van der Waals surface area contributed by atoms with Gasteiger partial charge in [-0.05, 0) is 43.0 Å². The van der Waals surface area contributed by atoms with Crippen LogP contribution < -0.4 is 5.32 Å². The highest BCUT2D eigenvalue weighted by molar-refractivity contribution is 8.00. The fourth-order valence-electron chi connectivity index (χ4n) is 2.93. The Bertz CT molecular complexity index is 400. The first-order valence-electron chi connectivity index (χ1n) is 8.36. The Hall–Kier alpha value is -0.510. The molecule has 2 N–H and O–H groups in total. The minimum Gasteiger partial charge on any atom is -0.388 e. The van der Waals surface area contributed by atoms with Crippen LogP contribution in [0.2, 0.25) is 0 Å². The van der Waals surface area contributed by atoms with Crippen molar-refractivity contribution < 1.29 is 5.11 Å². The van der Waals surface area contributed by atoms with Crippen LogP contribution >= 0.6 is 11.8 Å². The van der Waals surface area contributed by atoms with Gasteiger partial charge in [0.2, 0.25) is 0 Å². The molecule has 1 aliphatic carbocycles. The van der Waals surface area contributed by atoms with Crippen LogP contribution in [0.1, 0.15) is 57.6 Å². The zero-order valence-corrected chi connectivity index (χ0v) is 14.2. The van der Waals surface area contributed by atoms with Crippen LogP contribution in [0.5, 0.6) is 0 Å². The molecule has 3 heteroatoms. The Balaban J connectivity index is 1.88. The number of hydrogen-bond donors (Lipinski definition) is 2. The second-order valence-corrected chi connectivity index (χ2v) is 7.55. The molecule has 118 valence electrons. The Kier molecular flexibility index (Phi) is 7.08. The molecule has 0 aromatic heterocycles. The van der Waals surface area contributed by atoms with Crippen LogP contribution in [0.25, 0.3) is 0 Å². The average Bonchev–Trinajstić information content (AvgIpc) is 2.53. The molecule has 0 radical (unpaired) electrons. The highest BCUT2D eigenvalue weighted by atomic mass is 32.2. The van der Waals surface area contributed by atoms with Gasteiger partial charge in [-0.2, -0.15) is 0 Å². The van der Waals surface area contributed by atoms with E-state index in [9.17, 15) is 5.11 Å². The molecule has 1 saturated carbocycles. The van der Waals surface area contributed by atoms with Crippen LogP contribution in [-0.2, 0) is 0 Å². The second-order valence-electron chi connectivity index (χ2n) is 6.18. The van der Waals surface area contributed by atoms with E-state index in [1.165, 1.54) is 37.0 Å². The average molecular weight is 308 g/mol. The van der Waals surface area contributed by atoms with Gasteiger partial charge in [0.05, 0.1) is 6.10 Å². The zero-order chi connectivity index (χ0) is 15.1. The third-order valence-corrected chi connectivity index (χ3v) is 5.68. The fraction of sp³-hybridized carbons (Fsp3) is 0.667. The molecule has 2 atom stereocenters. The third kappa shape index (κ3) is 5.32. The molecule has 2 unspecified atom stereocenters. The van der Waals surface area contributed by atoms with E-state index >= 15 is 0 Å². The molecule has 1 aromatic carbocycles. The van der Waals surface area contributed by atoms with Crippen LogP contribution in [0.4, 0.5) is 0 Å². The van der Waals surface area contributed by atoms with Crippen molar-refractivity contribution in [1.82, 2.24) is 5.32 Å². The maximum Gasteiger partial charge on any atom is 0.0827 e. The summed E-state index contributed by atoms with van der Waals surface area (Å²) in [6.07, 6.45) is 6.51. The quantitative estimate of drug-likeness (QED) is 0.783. The van der Waals surface area contributed by atoms with Gasteiger partial charge in [0.25, 0.3) is 0 Å². The Morgan fingerprint density at radius 2 is 1.86 bits per heavy atom. The van der Waals surface area contributed by atoms with Crippen molar-refractivity contribution in [2.45, 2.75) is 62.2 Å². The van der Waals surface area contributed by atoms with E-state index in [1.54, 1.807) is 0 Å². The first-order valence-corrected chi connectivity index (χ1v) is 9.24. The lowest BCUT2D eigenvalue weighted by Gasteiger charge is -2.22. The van der Waals surface area contributed by atoms with Crippen molar-refractivity contribution >= 4 is 11.8 Å². The standard InChI is InChI=1S/C18H29NOS/c1-3-19-13-14(2)18(20)15-9-11-17(12-10-15)21-16-7-5-4-6-8-16/h9-12,14,16,18-20H,3-8,13H2,1-2H3. The molecule has 2 nitrogen and oxygen atoms in total. The monoisotopic (exact) mass is 307 g/mol. The van der Waals surface area contributed by atoms with Gasteiger partial charge in [-0.25, -0.2) is 0 Å². The van der Waals surface area contributed by atoms with Gasteiger partial charge in [-0.1, -0.05) is 45.2 Å². The molecule has 0 spiro atoms. The highest BCUT2D eigenvalue weighted by Crippen LogP contribution is 2.34. The van der Waals surface area contributed by atoms with E-state index < -0.39 is 0 Å². The van der Waals surface area contributed by atoms with Gasteiger partial charge in [-0.3, -0.25) is 0 Å². The predicted octanol–water partition coefficient (Wildman–Crippen LogP) is 4.39. The third-order valence-electron chi connectivity index (χ3n) is 4.33. The van der Waals surface area contributed by atoms with Crippen LogP contribution in [0.3, 0.4) is 0 Å². The van der Waals surface area contributed by atoms with Gasteiger partial charge in [0, 0.05) is 16.7 Å². The summed E-state index contributed by atoms with van der Waals surface area (Å²) in [5.74, 6) is 0.238. The summed E-state index contributed by atoms with van der Waals surface area (Å²) in [5.41, 5.74) is 1.04. The molecule has 0 heterocycles. The number of thioether (sulfide) groups is 1. The van der Waals surface area contributed by atoms with Crippen molar-refractivity contribution in [3.63, 3.8) is 0 Å². The van der Waals surface area contributed by atoms with Gasteiger partial charge in [0.1, 0.15) is 0 Å². The predicted molar refractivity (Wildman–Crippen MR) is 91.8 cm³/mol. The van der Waals surface area contributed by atoms with Crippen molar-refractivity contribution in [3.8, 4) is 0 Å². The van der Waals surface area contributed by atoms with Crippen LogP contribution in [-0.4, -0.2) is 23.4 Å². The van der Waals surface area contributed by atoms with Gasteiger partial charge >= 0.3 is 0 Å². The van der Waals surface area contributed by atoms with Crippen LogP contribution in [0.15, 0.2) is 29.2 Å². The molecule has 21 heavy (non-hydrogen) atoms. The number of aliphatic hydroxyl groups is 1. The topological polar surface area (TPSA) is 32.3 Å². The zero-order valence-electron chi connectivity index (χ0n) is 13.3. The van der Waals surface area contributed by atoms with E-state index in [0.29, 0.717) is 0 Å². The number of hydrogen-bond acceptors (Lipinski definition) is 3. The fourth-order valence-corrected chi connectivity index (χ4v) is 4.18. The lowest BCUT2D eigenvalue weighted by atomic mass is 9.97. The van der Waals surface area contributed by atoms with E-state index in [1.807, 2.05) is 11.8 Å². The Labute approximate surface area is 133 Å². The summed E-state index contributed by atoms with van der Waals surface area (Å²) in [7, 11) is 0. The maximum absolute atomic E-state index is 10.4. The lowest BCUT2D eigenvalue weighted by molar-refractivity contribution is 0.117. The van der Waals surface area contributed by atoms with E-state index in [4.69, 9.17) is 0 Å². The maximum atomic E-state index is 10.4. The smallest absolute Gasteiger partial charge is 0.0827 e. The summed E-state index contributed by atoms with van der Waals surface area (Å²) >= 11 is 2.01. The second kappa shape index (κ2) is 8.82. The van der Waals surface area contributed by atoms with Crippen molar-refractivity contribution in [2.75, 3.05) is 13.1 Å². The Morgan fingerprint density at radius 1 is 1.19 bits per heavy atom. The molecule has 0 amide bonds. The molecule has 0 bridgehead atoms. The molecule has 0 saturated heterocycles. The highest BCUT2D eigenvalue weighted by Gasteiger charge is 2.17. The minimum absolute atomic E-state index is 0.238. The number of aliphatic hydroxyl groups excluding tert-OH is 1. The van der Waals surface area contributed by atoms with E-state index in [0.717, 1.165) is 23.9 Å². The molecular formula is C18H29NOS. The van der Waals surface area contributed by atoms with Gasteiger partial charge < -0.3 is 10.4 Å². The molecule has 1 aliphatic rings. The summed E-state index contributed by atoms with van der Waals surface area (Å²) < 4.78 is 0. The SMILES string of the molecule is CCNCC(C)C(O)c1ccc(SC2CCCCC2)cc1. The number of nitrogens with one attached hydrogen (secondary N) is 1. The normalized spacial score (nSPS) is 19.4. The van der Waals surface area contributed by atoms with Crippen molar-refractivity contribution in [1.29, 1.82) is 0 Å². The molecule has 0 aliphatic heterocycles. The summed E-state index contributed by atoms with van der Waals surface area (Å²) in [4.78, 5) is 1.34. The molecule has 1 aromatic rings. The minimum atomic E-state index is -0.377. The number of rotatable bonds is 7. The van der Waals surface area contributed by atoms with Crippen LogP contribution in [0, 0.1) is 5.92 Å². The molecule has 2 rings (SSSR count). The Morgan fingerprint density at radius 3 is 2.48 bits per heavy atom. The van der Waals surface area contributed by atoms with Gasteiger partial charge in [-0.15, -0.1) is 11.8 Å². The summed E-state index contributed by atoms with van der Waals surface area (Å²) in [6.45, 7) is 6.00. The summed E-state index contributed by atoms with van der Waals surface area (Å²) in [5, 5.41) is 14.5. The van der Waals surface area contributed by atoms with Gasteiger partial charge in [0.15, 0.2) is 0 Å². The first kappa shape index (κ1) is 16.9. The lowest BCUT2D eigenvalue weighted by Crippen LogP contribution is -2.25. The van der Waals surface area contributed by atoms with Crippen molar-refractivity contribution in [3.05, 3.63) is 29.8 Å². The van der Waals surface area contributed by atoms with E-state index in [-0.39, 0.29) is 12.0 Å². The first-order chi connectivity index (χ1) is 10.2. The van der Waals surface area contributed by atoms with Crippen molar-refractivity contribution in [2.24, 2.45) is 5.92 Å². The largest absolute Gasteiger partial charge is 0.388 e. The number of benzene rings is 1. The molecular weight excluding hydrogens is 278 g/mol. The summed E-state index contributed by atoms with van der Waals surface area (Å²) in [6, 6.07) is 8.55. The van der Waals surface area contributed by atoms with E-state index in [2.05, 4.69) is 43.4 Å².